The van der Waals surface area contributed by atoms with Crippen molar-refractivity contribution in [3.05, 3.63) is 76.8 Å². The fourth-order valence-electron chi connectivity index (χ4n) is 9.65. The summed E-state index contributed by atoms with van der Waals surface area (Å²) in [5, 5.41) is 16.3. The summed E-state index contributed by atoms with van der Waals surface area (Å²) < 4.78 is 46.3. The number of ether oxygens (including phenoxy) is 2. The first-order valence-corrected chi connectivity index (χ1v) is 16.8. The van der Waals surface area contributed by atoms with Crippen molar-refractivity contribution < 1.29 is 37.4 Å². The van der Waals surface area contributed by atoms with Crippen molar-refractivity contribution in [1.29, 1.82) is 0 Å². The fraction of sp³-hybridized carbons (Fsp3) is 0.514. The largest absolute Gasteiger partial charge is 0.457 e. The van der Waals surface area contributed by atoms with Crippen LogP contribution in [-0.2, 0) is 27.3 Å². The van der Waals surface area contributed by atoms with Crippen LogP contribution in [0.15, 0.2) is 52.8 Å². The van der Waals surface area contributed by atoms with Gasteiger partial charge >= 0.3 is 5.97 Å². The van der Waals surface area contributed by atoms with Gasteiger partial charge in [-0.25, -0.2) is 18.3 Å². The number of carbonyl (C=O) groups excluding carboxylic acids is 2. The maximum Gasteiger partial charge on any atom is 0.375 e. The molecule has 3 aromatic rings. The van der Waals surface area contributed by atoms with Crippen LogP contribution < -0.4 is 0 Å². The van der Waals surface area contributed by atoms with Gasteiger partial charge in [0.1, 0.15) is 11.8 Å². The van der Waals surface area contributed by atoms with Gasteiger partial charge in [0.05, 0.1) is 36.6 Å². The van der Waals surface area contributed by atoms with Gasteiger partial charge in [-0.05, 0) is 115 Å². The first-order chi connectivity index (χ1) is 22.1. The summed E-state index contributed by atoms with van der Waals surface area (Å²) in [7, 11) is 1.53. The Morgan fingerprint density at radius 3 is 2.80 bits per heavy atom. The van der Waals surface area contributed by atoms with Crippen LogP contribution in [0.3, 0.4) is 0 Å². The number of aromatic nitrogens is 2. The molecule has 244 valence electrons. The lowest BCUT2D eigenvalue weighted by molar-refractivity contribution is -0.175. The van der Waals surface area contributed by atoms with E-state index in [1.54, 1.807) is 18.2 Å². The van der Waals surface area contributed by atoms with E-state index in [0.717, 1.165) is 29.8 Å². The van der Waals surface area contributed by atoms with E-state index < -0.39 is 34.2 Å². The number of benzene rings is 1. The lowest BCUT2D eigenvalue weighted by Crippen LogP contribution is -2.62. The third kappa shape index (κ3) is 4.56. The van der Waals surface area contributed by atoms with Gasteiger partial charge in [-0.2, -0.15) is 5.10 Å². The van der Waals surface area contributed by atoms with Gasteiger partial charge in [0, 0.05) is 18.1 Å². The Balaban J connectivity index is 1.22. The molecule has 7 rings (SSSR count). The molecule has 4 aliphatic carbocycles. The molecule has 7 atom stereocenters. The van der Waals surface area contributed by atoms with Crippen LogP contribution in [0.2, 0.25) is 0 Å². The normalized spacial score (nSPS) is 33.0. The first kappa shape index (κ1) is 31.3. The fourth-order valence-corrected chi connectivity index (χ4v) is 10.4. The number of allylic oxidation sites excluding steroid dienone is 1. The Hall–Kier alpha value is -3.28. The zero-order chi connectivity index (χ0) is 32.4. The van der Waals surface area contributed by atoms with Crippen molar-refractivity contribution >= 4 is 28.9 Å². The molecule has 0 saturated heterocycles. The Labute approximate surface area is 270 Å². The van der Waals surface area contributed by atoms with Crippen molar-refractivity contribution in [3.63, 3.8) is 0 Å². The zero-order valence-corrected chi connectivity index (χ0v) is 26.9. The predicted octanol–water partition coefficient (Wildman–Crippen LogP) is 6.69. The summed E-state index contributed by atoms with van der Waals surface area (Å²) in [6, 6.07) is 7.03. The minimum Gasteiger partial charge on any atom is -0.457 e. The van der Waals surface area contributed by atoms with E-state index in [2.05, 4.69) is 13.0 Å². The molecule has 4 aliphatic rings. The van der Waals surface area contributed by atoms with Gasteiger partial charge in [-0.15, -0.1) is 0 Å². The number of methoxy groups -OCH3 is 1. The summed E-state index contributed by atoms with van der Waals surface area (Å²) in [6.07, 6.45) is 8.04. The highest BCUT2D eigenvalue weighted by molar-refractivity contribution is 8.13. The van der Waals surface area contributed by atoms with Crippen molar-refractivity contribution in [3.8, 4) is 5.69 Å². The summed E-state index contributed by atoms with van der Waals surface area (Å²) >= 11 is 0.525. The third-order valence-corrected chi connectivity index (χ3v) is 12.3. The monoisotopic (exact) mass is 652 g/mol. The molecule has 1 N–H and O–H groups in total. The molecule has 8 nitrogen and oxygen atoms in total. The number of esters is 1. The van der Waals surface area contributed by atoms with Gasteiger partial charge in [-0.3, -0.25) is 4.79 Å². The minimum atomic E-state index is -1.58. The van der Waals surface area contributed by atoms with E-state index >= 15 is 0 Å². The molecule has 1 aromatic carbocycles. The average molecular weight is 653 g/mol. The maximum atomic E-state index is 14.4. The summed E-state index contributed by atoms with van der Waals surface area (Å²) in [5.41, 5.74) is 1.61. The van der Waals surface area contributed by atoms with Gasteiger partial charge in [0.25, 0.3) is 0 Å². The second-order valence-electron chi connectivity index (χ2n) is 13.7. The highest BCUT2D eigenvalue weighted by Crippen LogP contribution is 2.69. The molecule has 0 aliphatic heterocycles. The molecule has 0 spiro atoms. The second-order valence-corrected chi connectivity index (χ2v) is 14.6. The number of hydrogen-bond donors (Lipinski definition) is 1. The number of fused-ring (bicyclic) bond motifs is 6. The van der Waals surface area contributed by atoms with Crippen LogP contribution in [0, 0.1) is 34.4 Å². The Kier molecular flexibility index (Phi) is 7.80. The molecule has 0 unspecified atom stereocenters. The van der Waals surface area contributed by atoms with Crippen molar-refractivity contribution in [2.24, 2.45) is 28.6 Å². The number of nitrogens with zero attached hydrogens (tertiary/aromatic N) is 2. The average Bonchev–Trinajstić information content (AvgIpc) is 3.76. The quantitative estimate of drug-likeness (QED) is 0.282. The van der Waals surface area contributed by atoms with Crippen LogP contribution >= 0.6 is 11.8 Å². The van der Waals surface area contributed by atoms with Crippen molar-refractivity contribution in [2.45, 2.75) is 70.7 Å². The lowest BCUT2D eigenvalue weighted by atomic mass is 9.45. The van der Waals surface area contributed by atoms with Crippen LogP contribution in [-0.4, -0.2) is 50.8 Å². The van der Waals surface area contributed by atoms with Gasteiger partial charge in [-0.1, -0.05) is 19.4 Å². The molecule has 2 heterocycles. The summed E-state index contributed by atoms with van der Waals surface area (Å²) in [5.74, 6) is -1.16. The number of hydrogen-bond acceptors (Lipinski definition) is 8. The molecule has 3 fully saturated rings. The predicted molar refractivity (Wildman–Crippen MR) is 167 cm³/mol. The van der Waals surface area contributed by atoms with Crippen molar-refractivity contribution in [2.75, 3.05) is 13.1 Å². The molecular weight excluding hydrogens is 614 g/mol. The van der Waals surface area contributed by atoms with Crippen LogP contribution in [0.4, 0.5) is 8.78 Å². The van der Waals surface area contributed by atoms with E-state index in [1.807, 2.05) is 17.8 Å². The van der Waals surface area contributed by atoms with Gasteiger partial charge < -0.3 is 19.0 Å². The molecule has 3 saturated carbocycles. The number of alkyl halides is 1. The molecule has 0 bridgehead atoms. The molecule has 46 heavy (non-hydrogen) atoms. The number of halogens is 2. The van der Waals surface area contributed by atoms with E-state index in [-0.39, 0.29) is 54.2 Å². The van der Waals surface area contributed by atoms with Gasteiger partial charge in [0.2, 0.25) is 10.9 Å². The van der Waals surface area contributed by atoms with E-state index in [0.29, 0.717) is 30.2 Å². The van der Waals surface area contributed by atoms with Crippen LogP contribution in [0.25, 0.3) is 11.8 Å². The number of rotatable bonds is 7. The van der Waals surface area contributed by atoms with E-state index in [9.17, 15) is 23.5 Å². The zero-order valence-electron chi connectivity index (χ0n) is 26.1. The number of carbonyl (C=O) groups is 2. The minimum absolute atomic E-state index is 0.0182. The van der Waals surface area contributed by atoms with E-state index in [4.69, 9.17) is 19.0 Å². The summed E-state index contributed by atoms with van der Waals surface area (Å²) in [6.45, 7) is 4.32. The molecule has 0 radical (unpaired) electrons. The molecule has 0 amide bonds. The number of aliphatic hydroxyl groups is 1. The van der Waals surface area contributed by atoms with E-state index in [1.165, 1.54) is 31.1 Å². The second kappa shape index (κ2) is 11.5. The SMILES string of the molecule is COCc1cc(-n2ncc3c2C=C2CC[C@@H]4[C@H]([C@@H](O)C[C@@]5(C)[C@H]4CC[C@]5(OC(=O)c4ccco4)C(=O)SCF)[C@@]2(C)C3)ccc1F. The molecule has 2 aromatic heterocycles. The number of thioether (sulfide) groups is 1. The Morgan fingerprint density at radius 2 is 2.07 bits per heavy atom. The molecule has 11 heteroatoms. The first-order valence-electron chi connectivity index (χ1n) is 15.8. The van der Waals surface area contributed by atoms with Crippen molar-refractivity contribution in [1.82, 2.24) is 9.78 Å². The maximum absolute atomic E-state index is 14.4. The van der Waals surface area contributed by atoms with Gasteiger partial charge in [0.15, 0.2) is 5.60 Å². The smallest absolute Gasteiger partial charge is 0.375 e. The summed E-state index contributed by atoms with van der Waals surface area (Å²) in [4.78, 5) is 26.9. The Morgan fingerprint density at radius 1 is 1.24 bits per heavy atom. The highest BCUT2D eigenvalue weighted by atomic mass is 32.2. The van der Waals surface area contributed by atoms with Crippen LogP contribution in [0.1, 0.15) is 73.3 Å². The number of furan rings is 1. The highest BCUT2D eigenvalue weighted by Gasteiger charge is 2.70. The lowest BCUT2D eigenvalue weighted by Gasteiger charge is -2.60. The Bertz CT molecular complexity index is 1710. The third-order valence-electron chi connectivity index (χ3n) is 11.6. The topological polar surface area (TPSA) is 104 Å². The van der Waals surface area contributed by atoms with Crippen LogP contribution in [0.5, 0.6) is 0 Å². The number of aliphatic hydroxyl groups excluding tert-OH is 1. The standard InChI is InChI=1S/C35H38F2N2O6S/c1-33-15-21-17-38-39(23-7-9-26(37)20(13-23)18-43-3)27(21)14-22(33)6-8-24-25-10-11-35(32(42)46-19-36,34(25,2)16-28(40)30(24)33)45-31(41)29-5-4-12-44-29/h4-5,7,9,12-14,17,24-25,28,30,40H,6,8,10-11,15-16,18-19H2,1-3H3/t24-,25-,28-,30+,33-,34-,35-/m0/s1. The molecular formula is C35H38F2N2O6S.